The number of pyridine rings is 1. The van der Waals surface area contributed by atoms with Crippen molar-refractivity contribution < 1.29 is 4.57 Å². The molecule has 0 radical (unpaired) electrons. The van der Waals surface area contributed by atoms with E-state index < -0.39 is 0 Å². The van der Waals surface area contributed by atoms with E-state index in [9.17, 15) is 0 Å². The maximum absolute atomic E-state index is 2.54. The zero-order valence-electron chi connectivity index (χ0n) is 24.3. The molecule has 0 unspecified atom stereocenters. The standard InChI is InChI=1S/C34H64N/c1-3-5-7-9-11-13-15-16-17-18-20-22-24-26-30-34-31-27-29-33-35(34)32-28-25-23-21-19-14-12-10-8-6-4-2/h27,29,31,33H,3-26,28,30,32H2,1-2H3/q+1. The Balaban J connectivity index is 1.95. The van der Waals surface area contributed by atoms with Crippen LogP contribution in [0.3, 0.4) is 0 Å². The number of rotatable bonds is 27. The van der Waals surface area contributed by atoms with Crippen molar-refractivity contribution in [3.63, 3.8) is 0 Å². The molecule has 0 aromatic carbocycles. The summed E-state index contributed by atoms with van der Waals surface area (Å²) in [4.78, 5) is 0. The van der Waals surface area contributed by atoms with Gasteiger partial charge in [0.05, 0.1) is 0 Å². The Labute approximate surface area is 221 Å². The molecular weight excluding hydrogens is 422 g/mol. The van der Waals surface area contributed by atoms with Gasteiger partial charge in [0, 0.05) is 25.0 Å². The summed E-state index contributed by atoms with van der Waals surface area (Å²) >= 11 is 0. The minimum absolute atomic E-state index is 1.21. The Morgan fingerprint density at radius 2 is 0.800 bits per heavy atom. The number of aromatic nitrogens is 1. The van der Waals surface area contributed by atoms with E-state index in [1.807, 2.05) is 0 Å². The second-order valence-corrected chi connectivity index (χ2v) is 11.3. The summed E-state index contributed by atoms with van der Waals surface area (Å²) in [5.74, 6) is 0. The maximum atomic E-state index is 2.54. The van der Waals surface area contributed by atoms with E-state index in [0.29, 0.717) is 0 Å². The van der Waals surface area contributed by atoms with Gasteiger partial charge in [0.15, 0.2) is 11.9 Å². The summed E-state index contributed by atoms with van der Waals surface area (Å²) in [5, 5.41) is 0. The monoisotopic (exact) mass is 487 g/mol. The van der Waals surface area contributed by atoms with E-state index in [4.69, 9.17) is 0 Å². The van der Waals surface area contributed by atoms with Gasteiger partial charge in [0.25, 0.3) is 0 Å². The van der Waals surface area contributed by atoms with Crippen LogP contribution in [0.4, 0.5) is 0 Å². The second kappa shape index (κ2) is 26.2. The molecule has 0 atom stereocenters. The van der Waals surface area contributed by atoms with Gasteiger partial charge in [-0.3, -0.25) is 0 Å². The first-order valence-corrected chi connectivity index (χ1v) is 16.4. The van der Waals surface area contributed by atoms with Crippen LogP contribution in [0.2, 0.25) is 0 Å². The van der Waals surface area contributed by atoms with Crippen molar-refractivity contribution in [2.24, 2.45) is 0 Å². The van der Waals surface area contributed by atoms with Gasteiger partial charge in [-0.15, -0.1) is 0 Å². The third-order valence-corrected chi connectivity index (χ3v) is 7.82. The van der Waals surface area contributed by atoms with Crippen LogP contribution >= 0.6 is 0 Å². The summed E-state index contributed by atoms with van der Waals surface area (Å²) in [6.45, 7) is 5.82. The lowest BCUT2D eigenvalue weighted by atomic mass is 10.0. The van der Waals surface area contributed by atoms with E-state index in [0.717, 1.165) is 0 Å². The Hall–Kier alpha value is -0.850. The summed E-state index contributed by atoms with van der Waals surface area (Å²) < 4.78 is 2.54. The third-order valence-electron chi connectivity index (χ3n) is 7.82. The van der Waals surface area contributed by atoms with Crippen LogP contribution < -0.4 is 4.57 Å². The van der Waals surface area contributed by atoms with Crippen LogP contribution in [-0.4, -0.2) is 0 Å². The predicted octanol–water partition coefficient (Wildman–Crippen LogP) is 11.3. The molecule has 1 heterocycles. The maximum Gasteiger partial charge on any atom is 0.181 e. The van der Waals surface area contributed by atoms with Gasteiger partial charge < -0.3 is 0 Å². The van der Waals surface area contributed by atoms with E-state index in [2.05, 4.69) is 42.8 Å². The lowest BCUT2D eigenvalue weighted by Gasteiger charge is -2.05. The van der Waals surface area contributed by atoms with Crippen molar-refractivity contribution >= 4 is 0 Å². The van der Waals surface area contributed by atoms with Gasteiger partial charge in [-0.1, -0.05) is 161 Å². The number of hydrogen-bond donors (Lipinski definition) is 0. The van der Waals surface area contributed by atoms with E-state index in [-0.39, 0.29) is 0 Å². The van der Waals surface area contributed by atoms with Crippen molar-refractivity contribution in [2.75, 3.05) is 0 Å². The smallest absolute Gasteiger partial charge is 0.181 e. The molecule has 1 rings (SSSR count). The Kier molecular flexibility index (Phi) is 24.1. The molecule has 1 aromatic rings. The van der Waals surface area contributed by atoms with Crippen molar-refractivity contribution in [2.45, 2.75) is 187 Å². The molecule has 0 N–H and O–H groups in total. The average molecular weight is 487 g/mol. The number of nitrogens with zero attached hydrogens (tertiary/aromatic N) is 1. The van der Waals surface area contributed by atoms with Crippen molar-refractivity contribution in [1.82, 2.24) is 0 Å². The SMILES string of the molecule is CCCCCCCCCCCCCCCCc1cccc[n+]1CCCCCCCCCCCCC. The lowest BCUT2D eigenvalue weighted by Crippen LogP contribution is -2.37. The largest absolute Gasteiger partial charge is 0.202 e. The normalized spacial score (nSPS) is 11.4. The van der Waals surface area contributed by atoms with Crippen LogP contribution in [0.5, 0.6) is 0 Å². The second-order valence-electron chi connectivity index (χ2n) is 11.3. The number of unbranched alkanes of at least 4 members (excludes halogenated alkanes) is 23. The molecule has 1 heteroatoms. The fourth-order valence-electron chi connectivity index (χ4n) is 5.40. The zero-order valence-corrected chi connectivity index (χ0v) is 24.3. The van der Waals surface area contributed by atoms with Crippen molar-refractivity contribution in [3.8, 4) is 0 Å². The van der Waals surface area contributed by atoms with E-state index in [1.165, 1.54) is 173 Å². The minimum atomic E-state index is 1.21. The van der Waals surface area contributed by atoms with Crippen LogP contribution in [0.1, 0.15) is 180 Å². The highest BCUT2D eigenvalue weighted by atomic mass is 14.9. The average Bonchev–Trinajstić information content (AvgIpc) is 2.88. The molecule has 0 saturated heterocycles. The Bertz CT molecular complexity index is 537. The molecule has 1 nitrogen and oxygen atoms in total. The van der Waals surface area contributed by atoms with Crippen molar-refractivity contribution in [3.05, 3.63) is 30.1 Å². The molecular formula is C34H64N+. The van der Waals surface area contributed by atoms with Crippen molar-refractivity contribution in [1.29, 1.82) is 0 Å². The van der Waals surface area contributed by atoms with Gasteiger partial charge in [0.2, 0.25) is 0 Å². The van der Waals surface area contributed by atoms with Gasteiger partial charge >= 0.3 is 0 Å². The highest BCUT2D eigenvalue weighted by Crippen LogP contribution is 2.14. The summed E-state index contributed by atoms with van der Waals surface area (Å²) in [6, 6.07) is 6.81. The van der Waals surface area contributed by atoms with Crippen LogP contribution in [0.25, 0.3) is 0 Å². The highest BCUT2D eigenvalue weighted by Gasteiger charge is 2.08. The quantitative estimate of drug-likeness (QED) is 0.0859. The van der Waals surface area contributed by atoms with Crippen LogP contribution in [-0.2, 0) is 13.0 Å². The molecule has 1 aromatic heterocycles. The minimum Gasteiger partial charge on any atom is -0.202 e. The molecule has 35 heavy (non-hydrogen) atoms. The Morgan fingerprint density at radius 3 is 1.23 bits per heavy atom. The molecule has 0 bridgehead atoms. The number of hydrogen-bond acceptors (Lipinski definition) is 0. The summed E-state index contributed by atoms with van der Waals surface area (Å²) in [6.07, 6.45) is 39.4. The fourth-order valence-corrected chi connectivity index (χ4v) is 5.40. The summed E-state index contributed by atoms with van der Waals surface area (Å²) in [5.41, 5.74) is 1.55. The molecule has 204 valence electrons. The van der Waals surface area contributed by atoms with Gasteiger partial charge in [-0.05, 0) is 12.8 Å². The van der Waals surface area contributed by atoms with Gasteiger partial charge in [0.1, 0.15) is 6.54 Å². The molecule has 0 aliphatic heterocycles. The van der Waals surface area contributed by atoms with E-state index >= 15 is 0 Å². The molecule has 0 aliphatic carbocycles. The predicted molar refractivity (Wildman–Crippen MR) is 157 cm³/mol. The highest BCUT2D eigenvalue weighted by molar-refractivity contribution is 4.97. The molecule has 0 fully saturated rings. The Morgan fingerprint density at radius 1 is 0.429 bits per heavy atom. The third kappa shape index (κ3) is 21.0. The zero-order chi connectivity index (χ0) is 25.1. The van der Waals surface area contributed by atoms with Crippen LogP contribution in [0, 0.1) is 0 Å². The molecule has 0 amide bonds. The lowest BCUT2D eigenvalue weighted by molar-refractivity contribution is -0.704. The molecule has 0 aliphatic rings. The number of aryl methyl sites for hydroxylation is 2. The first-order valence-electron chi connectivity index (χ1n) is 16.4. The van der Waals surface area contributed by atoms with Gasteiger partial charge in [-0.2, -0.15) is 0 Å². The van der Waals surface area contributed by atoms with Crippen LogP contribution in [0.15, 0.2) is 24.4 Å². The first kappa shape index (κ1) is 32.2. The summed E-state index contributed by atoms with van der Waals surface area (Å²) in [7, 11) is 0. The fraction of sp³-hybridized carbons (Fsp3) is 0.853. The molecule has 0 spiro atoms. The van der Waals surface area contributed by atoms with E-state index in [1.54, 1.807) is 5.69 Å². The molecule has 0 saturated carbocycles. The van der Waals surface area contributed by atoms with Gasteiger partial charge in [-0.25, -0.2) is 4.57 Å². The first-order chi connectivity index (χ1) is 17.4. The topological polar surface area (TPSA) is 3.88 Å².